The molecule has 0 saturated heterocycles. The number of rotatable bonds is 6. The van der Waals surface area contributed by atoms with Gasteiger partial charge in [0.15, 0.2) is 5.78 Å². The maximum atomic E-state index is 13.7. The van der Waals surface area contributed by atoms with Gasteiger partial charge in [-0.05, 0) is 38.1 Å². The van der Waals surface area contributed by atoms with Gasteiger partial charge in [0.25, 0.3) is 0 Å². The molecule has 0 spiro atoms. The number of ketones is 1. The predicted octanol–water partition coefficient (Wildman–Crippen LogP) is 6.81. The Morgan fingerprint density at radius 3 is 2.53 bits per heavy atom. The summed E-state index contributed by atoms with van der Waals surface area (Å²) >= 11 is 9.91. The number of Topliss-reactive ketones (excluding diaryl/α,β-unsaturated/α-hetero) is 1. The van der Waals surface area contributed by atoms with Crippen LogP contribution in [-0.4, -0.2) is 18.4 Å². The van der Waals surface area contributed by atoms with Gasteiger partial charge in [0.05, 0.1) is 23.8 Å². The molecule has 5 nitrogen and oxygen atoms in total. The van der Waals surface area contributed by atoms with Crippen LogP contribution in [0.3, 0.4) is 0 Å². The first-order chi connectivity index (χ1) is 17.4. The lowest BCUT2D eigenvalue weighted by Crippen LogP contribution is -2.29. The van der Waals surface area contributed by atoms with Crippen molar-refractivity contribution in [1.82, 2.24) is 5.32 Å². The lowest BCUT2D eigenvalue weighted by atomic mass is 9.79. The summed E-state index contributed by atoms with van der Waals surface area (Å²) in [6.45, 7) is 4.04. The number of hydrogen-bond donors (Lipinski definition) is 1. The van der Waals surface area contributed by atoms with Gasteiger partial charge in [-0.1, -0.05) is 70.0 Å². The second-order valence-electron chi connectivity index (χ2n) is 8.54. The highest BCUT2D eigenvalue weighted by Gasteiger charge is 2.44. The van der Waals surface area contributed by atoms with Crippen molar-refractivity contribution in [2.45, 2.75) is 26.4 Å². The molecule has 0 unspecified atom stereocenters. The fourth-order valence-corrected chi connectivity index (χ4v) is 5.34. The van der Waals surface area contributed by atoms with Gasteiger partial charge in [-0.15, -0.1) is 0 Å². The number of carbonyl (C=O) groups is 2. The molecule has 1 aliphatic heterocycles. The topological polar surface area (TPSA) is 64.6 Å². The highest BCUT2D eigenvalue weighted by Crippen LogP contribution is 2.49. The smallest absolute Gasteiger partial charge is 0.336 e. The first kappa shape index (κ1) is 24.3. The molecule has 1 N–H and O–H groups in total. The molecule has 0 amide bonds. The van der Waals surface area contributed by atoms with E-state index in [1.54, 1.807) is 6.92 Å². The van der Waals surface area contributed by atoms with Crippen LogP contribution in [0.15, 0.2) is 88.0 Å². The standard InChI is InChI=1S/C29H23BrClNO4/c1-3-35-29(34)24-16(2)32-27-19-9-5-6-10-20(19)28(33)26(27)25(24)21-14-18(30)12-13-23(21)36-15-17-8-4-7-11-22(17)31/h4-14,25,32H,3,15H2,1-2H3/t25-/m0/s1. The lowest BCUT2D eigenvalue weighted by Gasteiger charge is -2.30. The minimum absolute atomic E-state index is 0.121. The van der Waals surface area contributed by atoms with Crippen LogP contribution in [0.5, 0.6) is 5.75 Å². The molecule has 182 valence electrons. The Hall–Kier alpha value is -3.35. The molecule has 1 aliphatic carbocycles. The summed E-state index contributed by atoms with van der Waals surface area (Å²) in [5, 5.41) is 3.93. The molecule has 7 heteroatoms. The number of esters is 1. The number of carbonyl (C=O) groups excluding carboxylic acids is 2. The second kappa shape index (κ2) is 9.96. The summed E-state index contributed by atoms with van der Waals surface area (Å²) in [6, 6.07) is 20.5. The summed E-state index contributed by atoms with van der Waals surface area (Å²) in [5.74, 6) is -0.724. The van der Waals surface area contributed by atoms with Crippen LogP contribution in [0.2, 0.25) is 5.02 Å². The molecule has 1 atom stereocenters. The van der Waals surface area contributed by atoms with Gasteiger partial charge >= 0.3 is 5.97 Å². The average molecular weight is 565 g/mol. The van der Waals surface area contributed by atoms with Crippen molar-refractivity contribution >= 4 is 45.0 Å². The number of dihydropyridines is 1. The summed E-state index contributed by atoms with van der Waals surface area (Å²) in [7, 11) is 0. The summed E-state index contributed by atoms with van der Waals surface area (Å²) in [6.07, 6.45) is 0. The van der Waals surface area contributed by atoms with E-state index in [0.29, 0.717) is 44.4 Å². The number of halogens is 2. The monoisotopic (exact) mass is 563 g/mol. The number of allylic oxidation sites excluding steroid dienone is 2. The van der Waals surface area contributed by atoms with Crippen LogP contribution < -0.4 is 10.1 Å². The van der Waals surface area contributed by atoms with E-state index in [1.165, 1.54) is 0 Å². The Morgan fingerprint density at radius 2 is 1.78 bits per heavy atom. The zero-order valence-corrected chi connectivity index (χ0v) is 22.1. The van der Waals surface area contributed by atoms with E-state index in [9.17, 15) is 9.59 Å². The van der Waals surface area contributed by atoms with Crippen molar-refractivity contribution in [3.05, 3.63) is 115 Å². The number of ether oxygens (including phenoxy) is 2. The fraction of sp³-hybridized carbons (Fsp3) is 0.172. The first-order valence-electron chi connectivity index (χ1n) is 11.6. The van der Waals surface area contributed by atoms with Crippen LogP contribution >= 0.6 is 27.5 Å². The lowest BCUT2D eigenvalue weighted by molar-refractivity contribution is -0.138. The molecule has 0 saturated carbocycles. The van der Waals surface area contributed by atoms with Gasteiger partial charge in [0.2, 0.25) is 0 Å². The SMILES string of the molecule is CCOC(=O)C1=C(C)NC2=C(C(=O)c3ccccc32)[C@H]1c1cc(Br)ccc1OCc1ccccc1Cl. The molecule has 5 rings (SSSR count). The van der Waals surface area contributed by atoms with E-state index in [-0.39, 0.29) is 19.0 Å². The highest BCUT2D eigenvalue weighted by molar-refractivity contribution is 9.10. The van der Waals surface area contributed by atoms with Crippen LogP contribution in [-0.2, 0) is 16.1 Å². The van der Waals surface area contributed by atoms with Crippen molar-refractivity contribution in [2.24, 2.45) is 0 Å². The molecular weight excluding hydrogens is 542 g/mol. The number of nitrogens with one attached hydrogen (secondary N) is 1. The van der Waals surface area contributed by atoms with E-state index in [0.717, 1.165) is 15.6 Å². The minimum Gasteiger partial charge on any atom is -0.489 e. The Labute approximate surface area is 222 Å². The molecule has 0 radical (unpaired) electrons. The van der Waals surface area contributed by atoms with E-state index in [1.807, 2.05) is 73.7 Å². The zero-order valence-electron chi connectivity index (χ0n) is 19.7. The summed E-state index contributed by atoms with van der Waals surface area (Å²) < 4.78 is 12.5. The zero-order chi connectivity index (χ0) is 25.4. The van der Waals surface area contributed by atoms with Crippen LogP contribution in [0.25, 0.3) is 5.70 Å². The summed E-state index contributed by atoms with van der Waals surface area (Å²) in [5.41, 5.74) is 5.18. The first-order valence-corrected chi connectivity index (χ1v) is 12.8. The predicted molar refractivity (Wildman–Crippen MR) is 143 cm³/mol. The molecule has 0 bridgehead atoms. The second-order valence-corrected chi connectivity index (χ2v) is 9.87. The van der Waals surface area contributed by atoms with Gasteiger partial charge < -0.3 is 14.8 Å². The Bertz CT molecular complexity index is 1460. The van der Waals surface area contributed by atoms with E-state index < -0.39 is 11.9 Å². The third kappa shape index (κ3) is 4.25. The Kier molecular flexibility index (Phi) is 6.73. The van der Waals surface area contributed by atoms with Gasteiger partial charge in [-0.2, -0.15) is 0 Å². The van der Waals surface area contributed by atoms with Crippen molar-refractivity contribution in [3.63, 3.8) is 0 Å². The summed E-state index contributed by atoms with van der Waals surface area (Å²) in [4.78, 5) is 27.0. The molecule has 0 fully saturated rings. The molecule has 36 heavy (non-hydrogen) atoms. The van der Waals surface area contributed by atoms with Gasteiger partial charge in [-0.25, -0.2) is 4.79 Å². The fourth-order valence-electron chi connectivity index (χ4n) is 4.77. The molecule has 2 aliphatic rings. The van der Waals surface area contributed by atoms with Gasteiger partial charge in [-0.3, -0.25) is 4.79 Å². The van der Waals surface area contributed by atoms with E-state index in [4.69, 9.17) is 21.1 Å². The maximum Gasteiger partial charge on any atom is 0.336 e. The molecule has 1 heterocycles. The number of fused-ring (bicyclic) bond motifs is 2. The van der Waals surface area contributed by atoms with Crippen molar-refractivity contribution in [3.8, 4) is 5.75 Å². The van der Waals surface area contributed by atoms with Gasteiger partial charge in [0.1, 0.15) is 12.4 Å². The van der Waals surface area contributed by atoms with E-state index in [2.05, 4.69) is 21.2 Å². The highest BCUT2D eigenvalue weighted by atomic mass is 79.9. The van der Waals surface area contributed by atoms with Crippen LogP contribution in [0, 0.1) is 0 Å². The van der Waals surface area contributed by atoms with Crippen molar-refractivity contribution < 1.29 is 19.1 Å². The maximum absolute atomic E-state index is 13.7. The quantitative estimate of drug-likeness (QED) is 0.333. The van der Waals surface area contributed by atoms with Crippen LogP contribution in [0.1, 0.15) is 46.8 Å². The Morgan fingerprint density at radius 1 is 1.06 bits per heavy atom. The number of benzene rings is 3. The average Bonchev–Trinajstić information content (AvgIpc) is 3.15. The molecular formula is C29H23BrClNO4. The van der Waals surface area contributed by atoms with E-state index >= 15 is 0 Å². The normalized spacial score (nSPS) is 16.4. The number of hydrogen-bond acceptors (Lipinski definition) is 5. The minimum atomic E-state index is -0.682. The third-order valence-electron chi connectivity index (χ3n) is 6.37. The van der Waals surface area contributed by atoms with Crippen LogP contribution in [0.4, 0.5) is 0 Å². The van der Waals surface area contributed by atoms with Crippen molar-refractivity contribution in [2.75, 3.05) is 6.61 Å². The van der Waals surface area contributed by atoms with Crippen molar-refractivity contribution in [1.29, 1.82) is 0 Å². The van der Waals surface area contributed by atoms with Gasteiger partial charge in [0, 0.05) is 43.0 Å². The largest absolute Gasteiger partial charge is 0.489 e. The molecule has 3 aromatic rings. The molecule has 0 aromatic heterocycles. The third-order valence-corrected chi connectivity index (χ3v) is 7.23. The molecule has 3 aromatic carbocycles. The Balaban J connectivity index is 1.66.